The smallest absolute Gasteiger partial charge is 0.374 e. The summed E-state index contributed by atoms with van der Waals surface area (Å²) in [5.74, 6) is -3.32. The van der Waals surface area contributed by atoms with Crippen molar-refractivity contribution in [3.8, 4) is 0 Å². The van der Waals surface area contributed by atoms with Gasteiger partial charge in [-0.1, -0.05) is 13.5 Å². The Morgan fingerprint density at radius 1 is 0.718 bits per heavy atom. The summed E-state index contributed by atoms with van der Waals surface area (Å²) < 4.78 is 19.7. The maximum atomic E-state index is 12.2. The van der Waals surface area contributed by atoms with Gasteiger partial charge in [-0.2, -0.15) is 5.06 Å². The normalized spacial score (nSPS) is 11.7. The third-order valence-corrected chi connectivity index (χ3v) is 6.11. The van der Waals surface area contributed by atoms with Gasteiger partial charge in [0.15, 0.2) is 0 Å². The number of hydrogen-bond acceptors (Lipinski definition) is 12. The first-order chi connectivity index (χ1) is 18.0. The molecule has 39 heavy (non-hydrogen) atoms. The van der Waals surface area contributed by atoms with Crippen molar-refractivity contribution >= 4 is 29.7 Å². The summed E-state index contributed by atoms with van der Waals surface area (Å²) in [5, 5.41) is 12.2. The second kappa shape index (κ2) is 17.7. The highest BCUT2D eigenvalue weighted by Crippen LogP contribution is 2.28. The van der Waals surface area contributed by atoms with Crippen LogP contribution in [-0.2, 0) is 42.9 Å². The lowest BCUT2D eigenvalue weighted by atomic mass is 9.91. The van der Waals surface area contributed by atoms with E-state index in [1.165, 1.54) is 12.0 Å². The van der Waals surface area contributed by atoms with Crippen LogP contribution in [0.3, 0.4) is 0 Å². The minimum absolute atomic E-state index is 0.0102. The van der Waals surface area contributed by atoms with Crippen LogP contribution in [-0.4, -0.2) is 102 Å². The molecule has 0 fully saturated rings. The van der Waals surface area contributed by atoms with Crippen molar-refractivity contribution < 1.29 is 48.1 Å². The van der Waals surface area contributed by atoms with Gasteiger partial charge >= 0.3 is 23.9 Å². The molecule has 0 aliphatic carbocycles. The predicted molar refractivity (Wildman–Crippen MR) is 142 cm³/mol. The lowest BCUT2D eigenvalue weighted by molar-refractivity contribution is -0.226. The summed E-state index contributed by atoms with van der Waals surface area (Å²) in [6, 6.07) is 0. The SMILES string of the molecule is C=C(C)C(=O)OCCOC(=O)CCN(CCC(=O)OCCOC(=O)C(C)=O)CCC(C)(C)N(O)C(C)(C)CC. The number of ketones is 1. The number of ether oxygens (including phenoxy) is 4. The van der Waals surface area contributed by atoms with Crippen LogP contribution in [0.4, 0.5) is 0 Å². The molecule has 0 unspecified atom stereocenters. The van der Waals surface area contributed by atoms with Gasteiger partial charge in [-0.15, -0.1) is 0 Å². The summed E-state index contributed by atoms with van der Waals surface area (Å²) in [5.41, 5.74) is -0.785. The molecule has 0 saturated heterocycles. The Hall–Kier alpha value is -2.83. The monoisotopic (exact) mass is 558 g/mol. The fourth-order valence-corrected chi connectivity index (χ4v) is 3.29. The van der Waals surface area contributed by atoms with Gasteiger partial charge in [0.25, 0.3) is 0 Å². The van der Waals surface area contributed by atoms with Crippen LogP contribution in [0.15, 0.2) is 12.2 Å². The molecule has 0 aromatic carbocycles. The zero-order chi connectivity index (χ0) is 30.2. The van der Waals surface area contributed by atoms with Crippen molar-refractivity contribution in [1.82, 2.24) is 9.96 Å². The van der Waals surface area contributed by atoms with E-state index < -0.39 is 40.7 Å². The number of esters is 4. The van der Waals surface area contributed by atoms with E-state index in [0.29, 0.717) is 13.0 Å². The first-order valence-corrected chi connectivity index (χ1v) is 13.1. The quantitative estimate of drug-likeness (QED) is 0.0584. The summed E-state index contributed by atoms with van der Waals surface area (Å²) in [4.78, 5) is 59.7. The highest BCUT2D eigenvalue weighted by Gasteiger charge is 2.36. The molecule has 0 rings (SSSR count). The predicted octanol–water partition coefficient (Wildman–Crippen LogP) is 2.46. The Labute approximate surface area is 231 Å². The number of nitrogens with zero attached hydrogens (tertiary/aromatic N) is 2. The van der Waals surface area contributed by atoms with Gasteiger partial charge in [-0.25, -0.2) is 9.59 Å². The zero-order valence-corrected chi connectivity index (χ0v) is 24.5. The van der Waals surface area contributed by atoms with Crippen molar-refractivity contribution in [2.75, 3.05) is 46.1 Å². The number of hydrogen-bond donors (Lipinski definition) is 1. The van der Waals surface area contributed by atoms with Gasteiger partial charge in [-0.3, -0.25) is 14.4 Å². The van der Waals surface area contributed by atoms with Crippen molar-refractivity contribution in [1.29, 1.82) is 0 Å². The second-order valence-corrected chi connectivity index (χ2v) is 10.4. The van der Waals surface area contributed by atoms with E-state index in [1.807, 2.05) is 39.5 Å². The van der Waals surface area contributed by atoms with E-state index in [-0.39, 0.29) is 57.9 Å². The number of Topliss-reactive ketones (excluding diaryl/α,β-unsaturated/α-hetero) is 1. The molecule has 0 bridgehead atoms. The van der Waals surface area contributed by atoms with E-state index >= 15 is 0 Å². The molecule has 12 heteroatoms. The van der Waals surface area contributed by atoms with Gasteiger partial charge in [0.05, 0.1) is 12.8 Å². The standard InChI is InChI=1S/C27H46N2O10/c1-9-26(5,6)29(35)27(7,8)12-15-28(13-10-22(31)36-16-18-38-24(33)20(2)3)14-11-23(32)37-17-19-39-25(34)21(4)30/h35H,2,9-19H2,1,3-8H3. The van der Waals surface area contributed by atoms with Gasteiger partial charge < -0.3 is 29.1 Å². The average molecular weight is 559 g/mol. The highest BCUT2D eigenvalue weighted by molar-refractivity contribution is 6.32. The maximum absolute atomic E-state index is 12.2. The Balaban J connectivity index is 4.92. The Morgan fingerprint density at radius 3 is 1.56 bits per heavy atom. The Bertz CT molecular complexity index is 804. The molecule has 0 aromatic heterocycles. The minimum Gasteiger partial charge on any atom is -0.462 e. The topological polar surface area (TPSA) is 149 Å². The van der Waals surface area contributed by atoms with Gasteiger partial charge in [0.2, 0.25) is 5.78 Å². The molecule has 12 nitrogen and oxygen atoms in total. The van der Waals surface area contributed by atoms with Crippen molar-refractivity contribution in [2.45, 2.75) is 85.2 Å². The van der Waals surface area contributed by atoms with Crippen LogP contribution < -0.4 is 0 Å². The molecule has 0 aliphatic heterocycles. The molecular formula is C27H46N2O10. The average Bonchev–Trinajstić information content (AvgIpc) is 2.87. The van der Waals surface area contributed by atoms with Crippen molar-refractivity contribution in [3.05, 3.63) is 12.2 Å². The van der Waals surface area contributed by atoms with E-state index in [4.69, 9.17) is 14.2 Å². The number of carbonyl (C=O) groups is 5. The van der Waals surface area contributed by atoms with Gasteiger partial charge in [0.1, 0.15) is 26.4 Å². The molecule has 0 heterocycles. The molecule has 0 amide bonds. The van der Waals surface area contributed by atoms with Crippen molar-refractivity contribution in [3.63, 3.8) is 0 Å². The van der Waals surface area contributed by atoms with Crippen LogP contribution >= 0.6 is 0 Å². The van der Waals surface area contributed by atoms with Crippen LogP contribution in [0.2, 0.25) is 0 Å². The first-order valence-electron chi connectivity index (χ1n) is 13.1. The molecule has 224 valence electrons. The lowest BCUT2D eigenvalue weighted by Crippen LogP contribution is -2.54. The minimum atomic E-state index is -0.995. The summed E-state index contributed by atoms with van der Waals surface area (Å²) in [6.45, 7) is 16.2. The fraction of sp³-hybridized carbons (Fsp3) is 0.741. The van der Waals surface area contributed by atoms with Crippen LogP contribution in [0.25, 0.3) is 0 Å². The zero-order valence-electron chi connectivity index (χ0n) is 24.5. The lowest BCUT2D eigenvalue weighted by Gasteiger charge is -2.44. The van der Waals surface area contributed by atoms with Crippen LogP contribution in [0.5, 0.6) is 0 Å². The number of hydroxylamine groups is 2. The first kappa shape index (κ1) is 36.2. The summed E-state index contributed by atoms with van der Waals surface area (Å²) >= 11 is 0. The number of carbonyl (C=O) groups excluding carboxylic acids is 5. The van der Waals surface area contributed by atoms with E-state index in [0.717, 1.165) is 13.3 Å². The number of rotatable bonds is 20. The molecular weight excluding hydrogens is 512 g/mol. The van der Waals surface area contributed by atoms with Gasteiger partial charge in [-0.05, 0) is 54.0 Å². The largest absolute Gasteiger partial charge is 0.462 e. The van der Waals surface area contributed by atoms with Gasteiger partial charge in [0, 0.05) is 36.7 Å². The van der Waals surface area contributed by atoms with Crippen LogP contribution in [0.1, 0.15) is 74.1 Å². The van der Waals surface area contributed by atoms with Crippen LogP contribution in [0, 0.1) is 0 Å². The molecule has 0 spiro atoms. The molecule has 0 saturated carbocycles. The summed E-state index contributed by atoms with van der Waals surface area (Å²) in [6.07, 6.45) is 1.32. The molecule has 0 atom stereocenters. The summed E-state index contributed by atoms with van der Waals surface area (Å²) in [7, 11) is 0. The molecule has 1 N–H and O–H groups in total. The van der Waals surface area contributed by atoms with E-state index in [1.54, 1.807) is 0 Å². The molecule has 0 aromatic rings. The van der Waals surface area contributed by atoms with Crippen molar-refractivity contribution in [2.24, 2.45) is 0 Å². The third kappa shape index (κ3) is 15.4. The fourth-order valence-electron chi connectivity index (χ4n) is 3.29. The molecule has 0 radical (unpaired) electrons. The Kier molecular flexibility index (Phi) is 16.4. The Morgan fingerprint density at radius 2 is 1.15 bits per heavy atom. The molecule has 0 aliphatic rings. The third-order valence-electron chi connectivity index (χ3n) is 6.11. The second-order valence-electron chi connectivity index (χ2n) is 10.4. The highest BCUT2D eigenvalue weighted by atomic mass is 16.6. The van der Waals surface area contributed by atoms with E-state index in [9.17, 15) is 29.2 Å². The maximum Gasteiger partial charge on any atom is 0.374 e. The van der Waals surface area contributed by atoms with E-state index in [2.05, 4.69) is 11.3 Å².